The Morgan fingerprint density at radius 2 is 1.67 bits per heavy atom. The van der Waals surface area contributed by atoms with Crippen molar-refractivity contribution in [1.29, 1.82) is 0 Å². The van der Waals surface area contributed by atoms with E-state index in [1.807, 2.05) is 11.4 Å². The standard InChI is InChI=1S/C21H24N4O4S/c1-24-6-8-25(9-7-24)21-22-14-5-10-30-20(14)17(23-21)18(26)13-11-15(27-2)19(29-4)16(12-13)28-3/h5,10-12H,6-9H2,1-4H3. The van der Waals surface area contributed by atoms with Crippen molar-refractivity contribution in [3.8, 4) is 17.2 Å². The van der Waals surface area contributed by atoms with Crippen molar-refractivity contribution in [2.75, 3.05) is 59.5 Å². The molecule has 0 atom stereocenters. The Kier molecular flexibility index (Phi) is 5.74. The Morgan fingerprint density at radius 3 is 2.27 bits per heavy atom. The van der Waals surface area contributed by atoms with Gasteiger partial charge in [0.15, 0.2) is 11.5 Å². The molecular weight excluding hydrogens is 404 g/mol. The first kappa shape index (κ1) is 20.4. The highest BCUT2D eigenvalue weighted by molar-refractivity contribution is 7.17. The van der Waals surface area contributed by atoms with Crippen LogP contribution in [0.3, 0.4) is 0 Å². The predicted octanol–water partition coefficient (Wildman–Crippen LogP) is 2.70. The van der Waals surface area contributed by atoms with Crippen molar-refractivity contribution >= 4 is 33.3 Å². The van der Waals surface area contributed by atoms with Crippen LogP contribution >= 0.6 is 11.3 Å². The average molecular weight is 429 g/mol. The Morgan fingerprint density at radius 1 is 1.00 bits per heavy atom. The van der Waals surface area contributed by atoms with Crippen molar-refractivity contribution in [2.45, 2.75) is 0 Å². The van der Waals surface area contributed by atoms with Crippen LogP contribution in [0.2, 0.25) is 0 Å². The number of ether oxygens (including phenoxy) is 3. The number of carbonyl (C=O) groups excluding carboxylic acids is 1. The van der Waals surface area contributed by atoms with Gasteiger partial charge in [0, 0.05) is 31.7 Å². The summed E-state index contributed by atoms with van der Waals surface area (Å²) < 4.78 is 17.0. The molecule has 4 rings (SSSR count). The first-order valence-electron chi connectivity index (χ1n) is 9.59. The Labute approximate surface area is 179 Å². The van der Waals surface area contributed by atoms with E-state index < -0.39 is 0 Å². The first-order chi connectivity index (χ1) is 14.5. The van der Waals surface area contributed by atoms with E-state index in [-0.39, 0.29) is 5.78 Å². The highest BCUT2D eigenvalue weighted by Crippen LogP contribution is 2.39. The fourth-order valence-corrected chi connectivity index (χ4v) is 4.32. The van der Waals surface area contributed by atoms with E-state index in [2.05, 4.69) is 16.8 Å². The van der Waals surface area contributed by atoms with Gasteiger partial charge in [-0.05, 0) is 30.6 Å². The molecule has 1 aliphatic heterocycles. The van der Waals surface area contributed by atoms with Gasteiger partial charge < -0.3 is 24.0 Å². The lowest BCUT2D eigenvalue weighted by molar-refractivity contribution is 0.103. The summed E-state index contributed by atoms with van der Waals surface area (Å²) >= 11 is 1.46. The molecule has 9 heteroatoms. The van der Waals surface area contributed by atoms with Gasteiger partial charge in [-0.3, -0.25) is 4.79 Å². The second-order valence-corrected chi connectivity index (χ2v) is 7.96. The lowest BCUT2D eigenvalue weighted by Crippen LogP contribution is -2.45. The van der Waals surface area contributed by atoms with E-state index in [1.165, 1.54) is 32.7 Å². The van der Waals surface area contributed by atoms with E-state index in [0.29, 0.717) is 34.5 Å². The lowest BCUT2D eigenvalue weighted by Gasteiger charge is -2.32. The molecule has 0 bridgehead atoms. The number of fused-ring (bicyclic) bond motifs is 1. The van der Waals surface area contributed by atoms with Gasteiger partial charge in [0.25, 0.3) is 0 Å². The molecule has 2 aromatic heterocycles. The van der Waals surface area contributed by atoms with Crippen molar-refractivity contribution in [1.82, 2.24) is 14.9 Å². The van der Waals surface area contributed by atoms with Crippen molar-refractivity contribution in [3.63, 3.8) is 0 Å². The predicted molar refractivity (Wildman–Crippen MR) is 117 cm³/mol. The number of methoxy groups -OCH3 is 3. The molecule has 1 fully saturated rings. The van der Waals surface area contributed by atoms with Crippen LogP contribution in [-0.2, 0) is 0 Å². The molecule has 1 saturated heterocycles. The number of benzene rings is 1. The Bertz CT molecular complexity index is 1050. The number of piperazine rings is 1. The molecule has 1 aromatic carbocycles. The molecule has 0 unspecified atom stereocenters. The number of rotatable bonds is 6. The second-order valence-electron chi connectivity index (χ2n) is 7.04. The van der Waals surface area contributed by atoms with Gasteiger partial charge in [0.1, 0.15) is 5.69 Å². The summed E-state index contributed by atoms with van der Waals surface area (Å²) in [6, 6.07) is 5.23. The van der Waals surface area contributed by atoms with E-state index in [9.17, 15) is 4.79 Å². The van der Waals surface area contributed by atoms with Gasteiger partial charge in [-0.15, -0.1) is 11.3 Å². The first-order valence-corrected chi connectivity index (χ1v) is 10.5. The average Bonchev–Trinajstić information content (AvgIpc) is 3.26. The number of nitrogens with zero attached hydrogens (tertiary/aromatic N) is 4. The summed E-state index contributed by atoms with van der Waals surface area (Å²) in [5.74, 6) is 1.68. The lowest BCUT2D eigenvalue weighted by atomic mass is 10.1. The number of thiophene rings is 1. The molecule has 0 aliphatic carbocycles. The van der Waals surface area contributed by atoms with Crippen molar-refractivity contribution in [2.24, 2.45) is 0 Å². The monoisotopic (exact) mass is 428 g/mol. The maximum atomic E-state index is 13.5. The van der Waals surface area contributed by atoms with Crippen LogP contribution in [0.5, 0.6) is 17.2 Å². The Balaban J connectivity index is 1.79. The van der Waals surface area contributed by atoms with E-state index in [4.69, 9.17) is 24.2 Å². The van der Waals surface area contributed by atoms with Crippen molar-refractivity contribution in [3.05, 3.63) is 34.8 Å². The highest BCUT2D eigenvalue weighted by Gasteiger charge is 2.24. The number of likely N-dealkylation sites (N-methyl/N-ethyl adjacent to an activating group) is 1. The smallest absolute Gasteiger partial charge is 0.226 e. The molecule has 1 aliphatic rings. The van der Waals surface area contributed by atoms with Gasteiger partial charge in [-0.25, -0.2) is 9.97 Å². The summed E-state index contributed by atoms with van der Waals surface area (Å²) in [6.45, 7) is 3.51. The van der Waals surface area contributed by atoms with Crippen LogP contribution in [0.25, 0.3) is 10.2 Å². The number of ketones is 1. The van der Waals surface area contributed by atoms with Crippen LogP contribution in [0.15, 0.2) is 23.6 Å². The number of anilines is 1. The molecule has 8 nitrogen and oxygen atoms in total. The second kappa shape index (κ2) is 8.45. The van der Waals surface area contributed by atoms with Gasteiger partial charge in [0.05, 0.1) is 31.5 Å². The number of hydrogen-bond acceptors (Lipinski definition) is 9. The molecule has 30 heavy (non-hydrogen) atoms. The van der Waals surface area contributed by atoms with E-state index >= 15 is 0 Å². The third kappa shape index (κ3) is 3.66. The fraction of sp³-hybridized carbons (Fsp3) is 0.381. The fourth-order valence-electron chi connectivity index (χ4n) is 3.50. The summed E-state index contributed by atoms with van der Waals surface area (Å²) in [6.07, 6.45) is 0. The molecule has 158 valence electrons. The van der Waals surface area contributed by atoms with E-state index in [0.717, 1.165) is 36.4 Å². The molecule has 0 saturated carbocycles. The number of carbonyl (C=O) groups is 1. The topological polar surface area (TPSA) is 77.0 Å². The van der Waals surface area contributed by atoms with Crippen LogP contribution in [-0.4, -0.2) is 75.2 Å². The van der Waals surface area contributed by atoms with Crippen LogP contribution in [0.4, 0.5) is 5.95 Å². The minimum atomic E-state index is -0.209. The molecule has 0 N–H and O–H groups in total. The normalized spacial score (nSPS) is 14.7. The zero-order valence-corrected chi connectivity index (χ0v) is 18.3. The SMILES string of the molecule is COc1cc(C(=O)c2nc(N3CCN(C)CC3)nc3ccsc23)cc(OC)c1OC. The molecule has 3 heterocycles. The van der Waals surface area contributed by atoms with Gasteiger partial charge in [0.2, 0.25) is 17.5 Å². The molecule has 0 amide bonds. The van der Waals surface area contributed by atoms with Gasteiger partial charge in [-0.2, -0.15) is 0 Å². The molecule has 0 spiro atoms. The van der Waals surface area contributed by atoms with Crippen LogP contribution < -0.4 is 19.1 Å². The molecular formula is C21H24N4O4S. The summed E-state index contributed by atoms with van der Waals surface area (Å²) in [7, 11) is 6.68. The maximum absolute atomic E-state index is 13.5. The molecule has 0 radical (unpaired) electrons. The quantitative estimate of drug-likeness (QED) is 0.555. The third-order valence-corrected chi connectivity index (χ3v) is 6.13. The van der Waals surface area contributed by atoms with Gasteiger partial charge in [-0.1, -0.05) is 0 Å². The number of hydrogen-bond donors (Lipinski definition) is 0. The van der Waals surface area contributed by atoms with Crippen molar-refractivity contribution < 1.29 is 19.0 Å². The van der Waals surface area contributed by atoms with Gasteiger partial charge >= 0.3 is 0 Å². The third-order valence-electron chi connectivity index (χ3n) is 5.22. The Hall–Kier alpha value is -2.91. The van der Waals surface area contributed by atoms with Crippen LogP contribution in [0.1, 0.15) is 16.1 Å². The zero-order chi connectivity index (χ0) is 21.3. The number of aromatic nitrogens is 2. The summed E-state index contributed by atoms with van der Waals surface area (Å²) in [5.41, 5.74) is 1.58. The minimum absolute atomic E-state index is 0.209. The van der Waals surface area contributed by atoms with Crippen LogP contribution in [0, 0.1) is 0 Å². The maximum Gasteiger partial charge on any atom is 0.226 e. The molecule has 3 aromatic rings. The van der Waals surface area contributed by atoms with E-state index in [1.54, 1.807) is 12.1 Å². The minimum Gasteiger partial charge on any atom is -0.493 e. The summed E-state index contributed by atoms with van der Waals surface area (Å²) in [5, 5.41) is 1.93. The summed E-state index contributed by atoms with van der Waals surface area (Å²) in [4.78, 5) is 27.3. The zero-order valence-electron chi connectivity index (χ0n) is 17.5. The highest BCUT2D eigenvalue weighted by atomic mass is 32.1. The largest absolute Gasteiger partial charge is 0.493 e.